The van der Waals surface area contributed by atoms with Crippen LogP contribution in [-0.4, -0.2) is 6.54 Å². The monoisotopic (exact) mass is 263 g/mol. The molecule has 3 heteroatoms. The average molecular weight is 264 g/mol. The van der Waals surface area contributed by atoms with Crippen LogP contribution in [0.1, 0.15) is 5.56 Å². The van der Waals surface area contributed by atoms with E-state index in [-0.39, 0.29) is 32.8 Å². The Labute approximate surface area is 87.4 Å². The van der Waals surface area contributed by atoms with Gasteiger partial charge in [0, 0.05) is 20.4 Å². The first-order valence-electron chi connectivity index (χ1n) is 3.17. The molecule has 0 radical (unpaired) electrons. The van der Waals surface area contributed by atoms with Crippen LogP contribution in [0.5, 0.6) is 0 Å². The average Bonchev–Trinajstić information content (AvgIpc) is 1.91. The molecule has 2 N–H and O–H groups in total. The van der Waals surface area contributed by atoms with Gasteiger partial charge in [0.25, 0.3) is 0 Å². The smallest absolute Gasteiger partial charge is 0 e. The zero-order chi connectivity index (χ0) is 6.53. The topological polar surface area (TPSA) is 26.0 Å². The molecule has 1 rings (SSSR count). The van der Waals surface area contributed by atoms with E-state index in [4.69, 9.17) is 5.73 Å². The summed E-state index contributed by atoms with van der Waals surface area (Å²) in [7, 11) is 0. The molecule has 0 fully saturated rings. The van der Waals surface area contributed by atoms with E-state index in [1.54, 1.807) is 0 Å². The molecule has 0 unspecified atom stereocenters. The van der Waals surface area contributed by atoms with Crippen molar-refractivity contribution < 1.29 is 20.4 Å². The summed E-state index contributed by atoms with van der Waals surface area (Å²) >= 11 is 0. The standard InChI is InChI=1S/C8H11N.ClH.Pd/c9-7-6-8-4-2-1-3-5-8;;/h1-5H,6-7,9H2;1H;. The maximum Gasteiger partial charge on any atom is 0 e. The number of nitrogens with two attached hydrogens (primary N) is 1. The predicted molar refractivity (Wildman–Crippen MR) is 46.4 cm³/mol. The van der Waals surface area contributed by atoms with Crippen molar-refractivity contribution >= 4 is 12.4 Å². The van der Waals surface area contributed by atoms with Crippen molar-refractivity contribution in [3.8, 4) is 0 Å². The predicted octanol–water partition coefficient (Wildman–Crippen LogP) is 1.61. The second kappa shape index (κ2) is 8.23. The summed E-state index contributed by atoms with van der Waals surface area (Å²) in [4.78, 5) is 0. The fourth-order valence-electron chi connectivity index (χ4n) is 0.811. The van der Waals surface area contributed by atoms with Crippen molar-refractivity contribution in [3.63, 3.8) is 0 Å². The van der Waals surface area contributed by atoms with E-state index in [2.05, 4.69) is 12.1 Å². The molecule has 0 heterocycles. The quantitative estimate of drug-likeness (QED) is 0.807. The van der Waals surface area contributed by atoms with Gasteiger partial charge in [0.2, 0.25) is 0 Å². The number of benzene rings is 1. The normalized spacial score (nSPS) is 7.73. The van der Waals surface area contributed by atoms with Gasteiger partial charge >= 0.3 is 0 Å². The van der Waals surface area contributed by atoms with Crippen LogP contribution in [0.2, 0.25) is 0 Å². The van der Waals surface area contributed by atoms with E-state index in [0.717, 1.165) is 13.0 Å². The fourth-order valence-corrected chi connectivity index (χ4v) is 0.811. The molecule has 11 heavy (non-hydrogen) atoms. The number of hydrogen-bond donors (Lipinski definition) is 1. The van der Waals surface area contributed by atoms with Gasteiger partial charge < -0.3 is 5.73 Å². The van der Waals surface area contributed by atoms with Gasteiger partial charge in [-0.1, -0.05) is 30.3 Å². The van der Waals surface area contributed by atoms with Crippen molar-refractivity contribution in [1.82, 2.24) is 0 Å². The molecule has 0 aliphatic rings. The van der Waals surface area contributed by atoms with E-state index < -0.39 is 0 Å². The third-order valence-electron chi connectivity index (χ3n) is 1.28. The minimum atomic E-state index is 0. The summed E-state index contributed by atoms with van der Waals surface area (Å²) in [6, 6.07) is 10.3. The van der Waals surface area contributed by atoms with E-state index in [0.29, 0.717) is 0 Å². The van der Waals surface area contributed by atoms with E-state index in [1.807, 2.05) is 18.2 Å². The maximum absolute atomic E-state index is 5.36. The Hall–Kier alpha value is 0.132. The zero-order valence-electron chi connectivity index (χ0n) is 6.10. The van der Waals surface area contributed by atoms with Gasteiger partial charge in [0.15, 0.2) is 0 Å². The Morgan fingerprint density at radius 3 is 2.09 bits per heavy atom. The molecule has 0 atom stereocenters. The van der Waals surface area contributed by atoms with Crippen LogP contribution < -0.4 is 5.73 Å². The van der Waals surface area contributed by atoms with Gasteiger partial charge in [-0.15, -0.1) is 12.4 Å². The van der Waals surface area contributed by atoms with Crippen LogP contribution in [0, 0.1) is 0 Å². The van der Waals surface area contributed by atoms with E-state index in [1.165, 1.54) is 5.56 Å². The van der Waals surface area contributed by atoms with Gasteiger partial charge in [-0.3, -0.25) is 0 Å². The summed E-state index contributed by atoms with van der Waals surface area (Å²) in [6.07, 6.45) is 0.987. The maximum atomic E-state index is 5.36. The summed E-state index contributed by atoms with van der Waals surface area (Å²) in [6.45, 7) is 0.740. The molecule has 66 valence electrons. The summed E-state index contributed by atoms with van der Waals surface area (Å²) < 4.78 is 0. The molecule has 0 aromatic heterocycles. The third-order valence-corrected chi connectivity index (χ3v) is 1.28. The second-order valence-electron chi connectivity index (χ2n) is 2.02. The van der Waals surface area contributed by atoms with Crippen LogP contribution in [-0.2, 0) is 26.8 Å². The van der Waals surface area contributed by atoms with Crippen molar-refractivity contribution in [2.75, 3.05) is 6.54 Å². The molecule has 0 saturated heterocycles. The van der Waals surface area contributed by atoms with Crippen molar-refractivity contribution in [3.05, 3.63) is 35.9 Å². The molecule has 1 nitrogen and oxygen atoms in total. The van der Waals surface area contributed by atoms with E-state index in [9.17, 15) is 0 Å². The molecule has 0 bridgehead atoms. The molecule has 0 aliphatic carbocycles. The first kappa shape index (κ1) is 13.7. The summed E-state index contributed by atoms with van der Waals surface area (Å²) in [5, 5.41) is 0. The Kier molecular flexibility index (Phi) is 10.3. The van der Waals surface area contributed by atoms with Crippen LogP contribution in [0.15, 0.2) is 30.3 Å². The van der Waals surface area contributed by atoms with Crippen molar-refractivity contribution in [2.45, 2.75) is 6.42 Å². The second-order valence-corrected chi connectivity index (χ2v) is 2.02. The molecule has 0 spiro atoms. The first-order chi connectivity index (χ1) is 4.43. The summed E-state index contributed by atoms with van der Waals surface area (Å²) in [5.41, 5.74) is 6.68. The third kappa shape index (κ3) is 5.41. The van der Waals surface area contributed by atoms with Crippen molar-refractivity contribution in [1.29, 1.82) is 0 Å². The molecular formula is C8H12ClNPd. The molecule has 1 aromatic carbocycles. The first-order valence-corrected chi connectivity index (χ1v) is 3.17. The number of halogens is 1. The van der Waals surface area contributed by atoms with Crippen molar-refractivity contribution in [2.24, 2.45) is 5.73 Å². The Morgan fingerprint density at radius 2 is 1.64 bits per heavy atom. The molecule has 0 saturated carbocycles. The van der Waals surface area contributed by atoms with Gasteiger partial charge in [-0.2, -0.15) is 0 Å². The Balaban J connectivity index is 0. The van der Waals surface area contributed by atoms with Crippen LogP contribution in [0.4, 0.5) is 0 Å². The minimum Gasteiger partial charge on any atom is -0.330 e. The Bertz CT molecular complexity index is 167. The SMILES string of the molecule is Cl.NCCc1ccccc1.[Pd]. The fraction of sp³-hybridized carbons (Fsp3) is 0.250. The van der Waals surface area contributed by atoms with E-state index >= 15 is 0 Å². The summed E-state index contributed by atoms with van der Waals surface area (Å²) in [5.74, 6) is 0. The molecular weight excluding hydrogens is 252 g/mol. The van der Waals surface area contributed by atoms with Crippen LogP contribution >= 0.6 is 12.4 Å². The number of hydrogen-bond acceptors (Lipinski definition) is 1. The van der Waals surface area contributed by atoms with Gasteiger partial charge in [0.05, 0.1) is 0 Å². The molecule has 1 aromatic rings. The largest absolute Gasteiger partial charge is 0.330 e. The van der Waals surface area contributed by atoms with Crippen LogP contribution in [0.3, 0.4) is 0 Å². The molecule has 0 amide bonds. The number of rotatable bonds is 2. The Morgan fingerprint density at radius 1 is 1.09 bits per heavy atom. The zero-order valence-corrected chi connectivity index (χ0v) is 8.47. The van der Waals surface area contributed by atoms with Gasteiger partial charge in [-0.05, 0) is 18.5 Å². The van der Waals surface area contributed by atoms with Gasteiger partial charge in [0.1, 0.15) is 0 Å². The van der Waals surface area contributed by atoms with Crippen LogP contribution in [0.25, 0.3) is 0 Å². The molecule has 0 aliphatic heterocycles. The minimum absolute atomic E-state index is 0. The van der Waals surface area contributed by atoms with Gasteiger partial charge in [-0.25, -0.2) is 0 Å².